The third-order valence-electron chi connectivity index (χ3n) is 5.71. The number of hydrogen-bond acceptors (Lipinski definition) is 5. The van der Waals surface area contributed by atoms with E-state index in [2.05, 4.69) is 17.2 Å². The topological polar surface area (TPSA) is 97.6 Å². The standard InChI is InChI=1S/C28H23FN2O5/c1-4-31-27(33)18-7-5-6-17(12-18)21-15-22-23(13-19(21)14-24(32)35-3)36-26(25(22)28(34)30-2)16-8-10-20(29)11-9-16/h4-13,15H,1,14H2,2-3H3,(H,30,34)(H,31,33). The second-order valence-electron chi connectivity index (χ2n) is 7.91. The van der Waals surface area contributed by atoms with Gasteiger partial charge >= 0.3 is 5.97 Å². The Hall–Kier alpha value is -4.72. The van der Waals surface area contributed by atoms with Crippen molar-refractivity contribution in [1.82, 2.24) is 10.6 Å². The van der Waals surface area contributed by atoms with E-state index >= 15 is 0 Å². The van der Waals surface area contributed by atoms with Crippen LogP contribution in [0.3, 0.4) is 0 Å². The van der Waals surface area contributed by atoms with E-state index in [1.165, 1.54) is 44.6 Å². The molecule has 0 radical (unpaired) electrons. The molecule has 0 spiro atoms. The van der Waals surface area contributed by atoms with E-state index < -0.39 is 11.8 Å². The zero-order chi connectivity index (χ0) is 25.8. The van der Waals surface area contributed by atoms with Gasteiger partial charge in [0.1, 0.15) is 17.2 Å². The van der Waals surface area contributed by atoms with Crippen LogP contribution in [0.1, 0.15) is 26.3 Å². The van der Waals surface area contributed by atoms with E-state index in [0.717, 1.165) is 0 Å². The molecule has 8 heteroatoms. The predicted octanol–water partition coefficient (Wildman–Crippen LogP) is 4.85. The number of nitrogens with one attached hydrogen (secondary N) is 2. The lowest BCUT2D eigenvalue weighted by Crippen LogP contribution is -2.18. The van der Waals surface area contributed by atoms with Crippen molar-refractivity contribution in [3.63, 3.8) is 0 Å². The fraction of sp³-hybridized carbons (Fsp3) is 0.107. The van der Waals surface area contributed by atoms with Crippen molar-refractivity contribution >= 4 is 28.8 Å². The Morgan fingerprint density at radius 1 is 1.03 bits per heavy atom. The summed E-state index contributed by atoms with van der Waals surface area (Å²) in [4.78, 5) is 37.5. The number of esters is 1. The molecular formula is C28H23FN2O5. The Bertz CT molecular complexity index is 1490. The average Bonchev–Trinajstić information content (AvgIpc) is 3.26. The SMILES string of the molecule is C=CNC(=O)c1cccc(-c2cc3c(C(=O)NC)c(-c4ccc(F)cc4)oc3cc2CC(=O)OC)c1. The number of carbonyl (C=O) groups excluding carboxylic acids is 3. The molecule has 1 aromatic heterocycles. The van der Waals surface area contributed by atoms with Crippen LogP contribution in [0.5, 0.6) is 0 Å². The van der Waals surface area contributed by atoms with Crippen LogP contribution < -0.4 is 10.6 Å². The first-order valence-electron chi connectivity index (χ1n) is 11.0. The minimum atomic E-state index is -0.465. The predicted molar refractivity (Wildman–Crippen MR) is 134 cm³/mol. The monoisotopic (exact) mass is 486 g/mol. The molecule has 0 aliphatic heterocycles. The fourth-order valence-electron chi connectivity index (χ4n) is 3.99. The molecule has 0 fully saturated rings. The third-order valence-corrected chi connectivity index (χ3v) is 5.71. The molecule has 4 rings (SSSR count). The fourth-order valence-corrected chi connectivity index (χ4v) is 3.99. The highest BCUT2D eigenvalue weighted by atomic mass is 19.1. The van der Waals surface area contributed by atoms with Crippen molar-refractivity contribution < 1.29 is 27.9 Å². The van der Waals surface area contributed by atoms with Gasteiger partial charge in [-0.05, 0) is 71.4 Å². The van der Waals surface area contributed by atoms with Gasteiger partial charge in [0.2, 0.25) is 0 Å². The van der Waals surface area contributed by atoms with Crippen LogP contribution >= 0.6 is 0 Å². The maximum absolute atomic E-state index is 13.5. The van der Waals surface area contributed by atoms with Crippen molar-refractivity contribution in [2.24, 2.45) is 0 Å². The number of hydrogen-bond donors (Lipinski definition) is 2. The van der Waals surface area contributed by atoms with Crippen LogP contribution in [-0.2, 0) is 16.0 Å². The van der Waals surface area contributed by atoms with Gasteiger partial charge in [-0.2, -0.15) is 0 Å². The zero-order valence-electron chi connectivity index (χ0n) is 19.7. The highest BCUT2D eigenvalue weighted by molar-refractivity contribution is 6.12. The van der Waals surface area contributed by atoms with Crippen LogP contribution in [0.4, 0.5) is 4.39 Å². The molecule has 0 saturated heterocycles. The van der Waals surface area contributed by atoms with E-state index in [4.69, 9.17) is 9.15 Å². The second kappa shape index (κ2) is 10.3. The molecule has 3 aromatic carbocycles. The highest BCUT2D eigenvalue weighted by Crippen LogP contribution is 2.38. The van der Waals surface area contributed by atoms with Gasteiger partial charge in [-0.3, -0.25) is 14.4 Å². The first-order chi connectivity index (χ1) is 17.4. The summed E-state index contributed by atoms with van der Waals surface area (Å²) >= 11 is 0. The lowest BCUT2D eigenvalue weighted by Gasteiger charge is -2.11. The Balaban J connectivity index is 1.99. The zero-order valence-corrected chi connectivity index (χ0v) is 19.7. The highest BCUT2D eigenvalue weighted by Gasteiger charge is 2.24. The van der Waals surface area contributed by atoms with Gasteiger partial charge in [0.15, 0.2) is 0 Å². The number of carbonyl (C=O) groups is 3. The average molecular weight is 486 g/mol. The van der Waals surface area contributed by atoms with Crippen LogP contribution in [0, 0.1) is 5.82 Å². The number of methoxy groups -OCH3 is 1. The molecule has 0 saturated carbocycles. The van der Waals surface area contributed by atoms with Gasteiger partial charge in [0, 0.05) is 23.6 Å². The van der Waals surface area contributed by atoms with Crippen molar-refractivity contribution in [2.75, 3.05) is 14.2 Å². The smallest absolute Gasteiger partial charge is 0.310 e. The second-order valence-corrected chi connectivity index (χ2v) is 7.91. The summed E-state index contributed by atoms with van der Waals surface area (Å²) in [7, 11) is 2.80. The lowest BCUT2D eigenvalue weighted by atomic mass is 9.93. The van der Waals surface area contributed by atoms with Crippen LogP contribution in [-0.4, -0.2) is 31.9 Å². The van der Waals surface area contributed by atoms with Crippen molar-refractivity contribution in [3.8, 4) is 22.5 Å². The normalized spacial score (nSPS) is 10.6. The summed E-state index contributed by atoms with van der Waals surface area (Å²) < 4.78 is 24.5. The number of benzene rings is 3. The minimum absolute atomic E-state index is 0.0628. The van der Waals surface area contributed by atoms with Gasteiger partial charge < -0.3 is 19.8 Å². The van der Waals surface area contributed by atoms with Crippen LogP contribution in [0.2, 0.25) is 0 Å². The van der Waals surface area contributed by atoms with Crippen LogP contribution in [0.15, 0.2) is 77.9 Å². The molecule has 0 atom stereocenters. The number of halogens is 1. The Morgan fingerprint density at radius 3 is 2.44 bits per heavy atom. The number of amides is 2. The number of rotatable bonds is 7. The first-order valence-corrected chi connectivity index (χ1v) is 11.0. The Morgan fingerprint density at radius 2 is 1.78 bits per heavy atom. The van der Waals surface area contributed by atoms with E-state index in [9.17, 15) is 18.8 Å². The summed E-state index contributed by atoms with van der Waals surface area (Å²) in [6.07, 6.45) is 1.23. The molecule has 0 aliphatic carbocycles. The summed E-state index contributed by atoms with van der Waals surface area (Å²) in [5.41, 5.74) is 3.41. The van der Waals surface area contributed by atoms with E-state index in [1.54, 1.807) is 36.4 Å². The maximum Gasteiger partial charge on any atom is 0.310 e. The van der Waals surface area contributed by atoms with Crippen LogP contribution in [0.25, 0.3) is 33.4 Å². The van der Waals surface area contributed by atoms with Gasteiger partial charge in [0.25, 0.3) is 11.8 Å². The van der Waals surface area contributed by atoms with Gasteiger partial charge in [0.05, 0.1) is 19.1 Å². The molecular weight excluding hydrogens is 463 g/mol. The summed E-state index contributed by atoms with van der Waals surface area (Å²) in [6.45, 7) is 3.51. The van der Waals surface area contributed by atoms with Crippen molar-refractivity contribution in [3.05, 3.63) is 96.0 Å². The Labute approximate surface area is 206 Å². The van der Waals surface area contributed by atoms with E-state index in [0.29, 0.717) is 38.8 Å². The molecule has 2 N–H and O–H groups in total. The molecule has 0 bridgehead atoms. The minimum Gasteiger partial charge on any atom is -0.469 e. The first kappa shape index (κ1) is 24.4. The lowest BCUT2D eigenvalue weighted by molar-refractivity contribution is -0.139. The Kier molecular flexibility index (Phi) is 6.96. The number of furan rings is 1. The van der Waals surface area contributed by atoms with Gasteiger partial charge in [-0.1, -0.05) is 18.7 Å². The number of fused-ring (bicyclic) bond motifs is 1. The van der Waals surface area contributed by atoms with E-state index in [-0.39, 0.29) is 29.6 Å². The van der Waals surface area contributed by atoms with Gasteiger partial charge in [-0.25, -0.2) is 4.39 Å². The molecule has 1 heterocycles. The molecule has 0 unspecified atom stereocenters. The molecule has 7 nitrogen and oxygen atoms in total. The summed E-state index contributed by atoms with van der Waals surface area (Å²) in [5, 5.41) is 5.66. The largest absolute Gasteiger partial charge is 0.469 e. The van der Waals surface area contributed by atoms with Gasteiger partial charge in [-0.15, -0.1) is 0 Å². The number of ether oxygens (including phenoxy) is 1. The maximum atomic E-state index is 13.5. The molecule has 36 heavy (non-hydrogen) atoms. The summed E-state index contributed by atoms with van der Waals surface area (Å²) in [5.74, 6) is -1.34. The summed E-state index contributed by atoms with van der Waals surface area (Å²) in [6, 6.07) is 15.9. The van der Waals surface area contributed by atoms with Crippen molar-refractivity contribution in [1.29, 1.82) is 0 Å². The molecule has 4 aromatic rings. The molecule has 0 aliphatic rings. The molecule has 2 amide bonds. The third kappa shape index (κ3) is 4.74. The molecule has 182 valence electrons. The quantitative estimate of drug-likeness (QED) is 0.364. The van der Waals surface area contributed by atoms with E-state index in [1.807, 2.05) is 0 Å². The van der Waals surface area contributed by atoms with Crippen molar-refractivity contribution in [2.45, 2.75) is 6.42 Å².